The third-order valence-corrected chi connectivity index (χ3v) is 6.83. The minimum Gasteiger partial charge on any atom is -0.491 e. The number of allylic oxidation sites excluding steroid dienone is 2. The molecule has 2 aromatic heterocycles. The minimum atomic E-state index is -0.105. The van der Waals surface area contributed by atoms with Crippen LogP contribution in [0.5, 0.6) is 5.75 Å². The van der Waals surface area contributed by atoms with Crippen LogP contribution in [0.3, 0.4) is 0 Å². The molecule has 1 aromatic carbocycles. The highest BCUT2D eigenvalue weighted by atomic mass is 16.5. The highest BCUT2D eigenvalue weighted by molar-refractivity contribution is 5.96. The van der Waals surface area contributed by atoms with Crippen LogP contribution in [0.4, 0.5) is 0 Å². The molecule has 7 heteroatoms. The van der Waals surface area contributed by atoms with Gasteiger partial charge >= 0.3 is 0 Å². The number of aromatic nitrogens is 2. The van der Waals surface area contributed by atoms with Crippen molar-refractivity contribution in [1.29, 1.82) is 0 Å². The van der Waals surface area contributed by atoms with Crippen molar-refractivity contribution in [2.24, 2.45) is 12.0 Å². The highest BCUT2D eigenvalue weighted by Crippen LogP contribution is 2.31. The Kier molecular flexibility index (Phi) is 4.73. The molecule has 3 aliphatic rings. The second kappa shape index (κ2) is 7.78. The number of pyridine rings is 1. The van der Waals surface area contributed by atoms with Crippen molar-refractivity contribution in [3.63, 3.8) is 0 Å². The zero-order valence-corrected chi connectivity index (χ0v) is 18.9. The average molecular weight is 442 g/mol. The summed E-state index contributed by atoms with van der Waals surface area (Å²) in [5.74, 6) is 1.54. The Bertz CT molecular complexity index is 1390. The maximum Gasteiger partial charge on any atom is 0.258 e. The largest absolute Gasteiger partial charge is 0.491 e. The molecule has 0 radical (unpaired) electrons. The van der Waals surface area contributed by atoms with E-state index in [0.717, 1.165) is 37.6 Å². The zero-order valence-electron chi connectivity index (χ0n) is 18.9. The van der Waals surface area contributed by atoms with Gasteiger partial charge in [0, 0.05) is 62.6 Å². The molecule has 1 unspecified atom stereocenters. The summed E-state index contributed by atoms with van der Waals surface area (Å²) in [5.41, 5.74) is 4.73. The molecule has 0 aliphatic carbocycles. The summed E-state index contributed by atoms with van der Waals surface area (Å²) in [6.07, 6.45) is 10.9. The monoisotopic (exact) mass is 441 g/mol. The molecule has 0 saturated carbocycles. The first-order chi connectivity index (χ1) is 16.1. The lowest BCUT2D eigenvalue weighted by Crippen LogP contribution is -2.26. The van der Waals surface area contributed by atoms with Crippen molar-refractivity contribution in [3.8, 4) is 11.4 Å². The van der Waals surface area contributed by atoms with E-state index in [0.29, 0.717) is 12.4 Å². The van der Waals surface area contributed by atoms with Gasteiger partial charge in [-0.2, -0.15) is 0 Å². The van der Waals surface area contributed by atoms with Crippen molar-refractivity contribution in [2.45, 2.75) is 19.0 Å². The van der Waals surface area contributed by atoms with Crippen LogP contribution in [0, 0.1) is 0 Å². The Balaban J connectivity index is 1.23. The number of nitrogens with zero attached hydrogens (tertiary/aromatic N) is 5. The van der Waals surface area contributed by atoms with Gasteiger partial charge in [0.05, 0.1) is 11.2 Å². The predicted molar refractivity (Wildman–Crippen MR) is 130 cm³/mol. The molecule has 5 heterocycles. The summed E-state index contributed by atoms with van der Waals surface area (Å²) < 4.78 is 9.88. The molecule has 3 aromatic rings. The number of aliphatic imine (C=N–C) groups is 1. The summed E-state index contributed by atoms with van der Waals surface area (Å²) in [7, 11) is 4.29. The van der Waals surface area contributed by atoms with Crippen molar-refractivity contribution in [1.82, 2.24) is 18.9 Å². The van der Waals surface area contributed by atoms with E-state index in [1.165, 1.54) is 22.2 Å². The molecule has 168 valence electrons. The number of benzene rings is 1. The molecular formula is C26H27N5O2. The van der Waals surface area contributed by atoms with Gasteiger partial charge in [0.1, 0.15) is 24.2 Å². The van der Waals surface area contributed by atoms with Crippen LogP contribution in [0.25, 0.3) is 16.6 Å². The van der Waals surface area contributed by atoms with Gasteiger partial charge < -0.3 is 19.1 Å². The Morgan fingerprint density at radius 1 is 1.15 bits per heavy atom. The summed E-state index contributed by atoms with van der Waals surface area (Å²) in [5, 5.41) is 1.27. The lowest BCUT2D eigenvalue weighted by Gasteiger charge is -2.23. The van der Waals surface area contributed by atoms with E-state index >= 15 is 0 Å². The van der Waals surface area contributed by atoms with Crippen LogP contribution < -0.4 is 10.3 Å². The van der Waals surface area contributed by atoms with E-state index in [2.05, 4.69) is 45.6 Å². The standard InChI is InChI=1S/C26H27N5O2/c1-28-11-9-23-22(16-28)21-7-6-19(13-24(21)29(23)2)31-12-8-20(14-26(31)32)33-17-18-15-30-10-4-3-5-25(30)27-18/h3-8,10,12-14,18H,9,11,15-17H2,1-2H3. The number of amidine groups is 1. The second-order valence-electron chi connectivity index (χ2n) is 9.05. The summed E-state index contributed by atoms with van der Waals surface area (Å²) in [6.45, 7) is 3.28. The zero-order chi connectivity index (χ0) is 22.5. The summed E-state index contributed by atoms with van der Waals surface area (Å²) >= 11 is 0. The van der Waals surface area contributed by atoms with E-state index in [1.807, 2.05) is 36.6 Å². The van der Waals surface area contributed by atoms with Crippen LogP contribution in [0.15, 0.2) is 70.7 Å². The van der Waals surface area contributed by atoms with Crippen LogP contribution in [-0.4, -0.2) is 57.6 Å². The Morgan fingerprint density at radius 2 is 2.06 bits per heavy atom. The van der Waals surface area contributed by atoms with Crippen LogP contribution in [-0.2, 0) is 20.0 Å². The van der Waals surface area contributed by atoms with Crippen molar-refractivity contribution < 1.29 is 4.74 Å². The van der Waals surface area contributed by atoms with Gasteiger partial charge in [-0.1, -0.05) is 12.1 Å². The molecule has 6 rings (SSSR count). The molecule has 7 nitrogen and oxygen atoms in total. The average Bonchev–Trinajstić information content (AvgIpc) is 3.36. The number of fused-ring (bicyclic) bond motifs is 4. The van der Waals surface area contributed by atoms with Gasteiger partial charge in [0.15, 0.2) is 0 Å². The number of hydrogen-bond donors (Lipinski definition) is 0. The Morgan fingerprint density at radius 3 is 2.91 bits per heavy atom. The number of hydrogen-bond acceptors (Lipinski definition) is 5. The van der Waals surface area contributed by atoms with Gasteiger partial charge in [0.25, 0.3) is 5.56 Å². The molecule has 0 amide bonds. The van der Waals surface area contributed by atoms with Gasteiger partial charge in [-0.25, -0.2) is 0 Å². The predicted octanol–water partition coefficient (Wildman–Crippen LogP) is 2.86. The molecule has 0 bridgehead atoms. The lowest BCUT2D eigenvalue weighted by molar-refractivity contribution is 0.284. The number of ether oxygens (including phenoxy) is 1. The normalized spacial score (nSPS) is 19.6. The SMILES string of the molecule is CN1CCc2c(c3ccc(-n4ccc(OCC5CN6C=CC=CC6=N5)cc4=O)cc3n2C)C1. The van der Waals surface area contributed by atoms with Gasteiger partial charge in [-0.05, 0) is 43.0 Å². The topological polar surface area (TPSA) is 55.0 Å². The summed E-state index contributed by atoms with van der Waals surface area (Å²) in [4.78, 5) is 22.1. The molecule has 0 saturated heterocycles. The first kappa shape index (κ1) is 20.1. The number of likely N-dealkylation sites (N-methyl/N-ethyl adjacent to an activating group) is 1. The molecule has 0 N–H and O–H groups in total. The fraction of sp³-hybridized carbons (Fsp3) is 0.308. The van der Waals surface area contributed by atoms with Crippen molar-refractivity contribution in [3.05, 3.63) is 82.6 Å². The van der Waals surface area contributed by atoms with Crippen LogP contribution >= 0.6 is 0 Å². The third-order valence-electron chi connectivity index (χ3n) is 6.83. The molecule has 1 atom stereocenters. The first-order valence-electron chi connectivity index (χ1n) is 11.4. The fourth-order valence-electron chi connectivity index (χ4n) is 5.09. The molecule has 0 spiro atoms. The molecule has 3 aliphatic heterocycles. The van der Waals surface area contributed by atoms with Gasteiger partial charge in [0.2, 0.25) is 0 Å². The van der Waals surface area contributed by atoms with E-state index in [-0.39, 0.29) is 11.6 Å². The smallest absolute Gasteiger partial charge is 0.258 e. The fourth-order valence-corrected chi connectivity index (χ4v) is 5.09. The lowest BCUT2D eigenvalue weighted by atomic mass is 10.0. The number of rotatable bonds is 4. The van der Waals surface area contributed by atoms with E-state index < -0.39 is 0 Å². The van der Waals surface area contributed by atoms with Crippen LogP contribution in [0.2, 0.25) is 0 Å². The number of aryl methyl sites for hydroxylation is 1. The van der Waals surface area contributed by atoms with Gasteiger partial charge in [-0.15, -0.1) is 0 Å². The first-order valence-corrected chi connectivity index (χ1v) is 11.4. The van der Waals surface area contributed by atoms with Crippen molar-refractivity contribution in [2.75, 3.05) is 26.7 Å². The van der Waals surface area contributed by atoms with E-state index in [1.54, 1.807) is 16.8 Å². The van der Waals surface area contributed by atoms with Crippen molar-refractivity contribution >= 4 is 16.7 Å². The maximum atomic E-state index is 12.9. The van der Waals surface area contributed by atoms with Crippen LogP contribution in [0.1, 0.15) is 11.3 Å². The Labute approximate surface area is 192 Å². The summed E-state index contributed by atoms with van der Waals surface area (Å²) in [6, 6.07) is 9.76. The van der Waals surface area contributed by atoms with E-state index in [9.17, 15) is 4.79 Å². The van der Waals surface area contributed by atoms with Gasteiger partial charge in [-0.3, -0.25) is 14.4 Å². The second-order valence-corrected chi connectivity index (χ2v) is 9.05. The molecule has 33 heavy (non-hydrogen) atoms. The Hall–Kier alpha value is -3.58. The van der Waals surface area contributed by atoms with E-state index in [4.69, 9.17) is 4.74 Å². The highest BCUT2D eigenvalue weighted by Gasteiger charge is 2.24. The quantitative estimate of drug-likeness (QED) is 0.625. The maximum absolute atomic E-state index is 12.9. The third kappa shape index (κ3) is 3.49. The molecule has 0 fully saturated rings. The molecular weight excluding hydrogens is 414 g/mol. The minimum absolute atomic E-state index is 0.0552.